The Morgan fingerprint density at radius 3 is 2.21 bits per heavy atom. The molecule has 0 bridgehead atoms. The van der Waals surface area contributed by atoms with Gasteiger partial charge in [0.2, 0.25) is 5.95 Å². The molecule has 0 atom stereocenters. The molecule has 0 unspecified atom stereocenters. The van der Waals surface area contributed by atoms with E-state index in [1.54, 1.807) is 0 Å². The fraction of sp³-hybridized carbons (Fsp3) is 0.591. The SMILES string of the molecule is CN(C)c1nc(N[C@H]2CC[C@@H](NC(=S)NC3CCCC3)CC2)nc2ccccc12. The highest BCUT2D eigenvalue weighted by atomic mass is 32.1. The van der Waals surface area contributed by atoms with Gasteiger partial charge in [-0.25, -0.2) is 4.98 Å². The Morgan fingerprint density at radius 1 is 0.897 bits per heavy atom. The van der Waals surface area contributed by atoms with Crippen molar-refractivity contribution in [3.8, 4) is 0 Å². The second kappa shape index (κ2) is 9.11. The highest BCUT2D eigenvalue weighted by molar-refractivity contribution is 7.80. The zero-order valence-electron chi connectivity index (χ0n) is 17.4. The molecule has 4 rings (SSSR count). The fourth-order valence-electron chi connectivity index (χ4n) is 4.51. The Balaban J connectivity index is 1.32. The minimum Gasteiger partial charge on any atom is -0.362 e. The zero-order chi connectivity index (χ0) is 20.2. The lowest BCUT2D eigenvalue weighted by Gasteiger charge is -2.31. The van der Waals surface area contributed by atoms with Gasteiger partial charge in [-0.2, -0.15) is 4.98 Å². The van der Waals surface area contributed by atoms with Gasteiger partial charge in [0, 0.05) is 37.6 Å². The molecule has 1 heterocycles. The number of aromatic nitrogens is 2. The van der Waals surface area contributed by atoms with E-state index in [4.69, 9.17) is 22.2 Å². The van der Waals surface area contributed by atoms with Crippen molar-refractivity contribution >= 4 is 40.0 Å². The predicted octanol–water partition coefficient (Wildman–Crippen LogP) is 3.83. The molecule has 2 aliphatic rings. The van der Waals surface area contributed by atoms with Crippen LogP contribution in [0.5, 0.6) is 0 Å². The molecule has 2 aromatic rings. The van der Waals surface area contributed by atoms with Crippen LogP contribution >= 0.6 is 12.2 Å². The van der Waals surface area contributed by atoms with Crippen molar-refractivity contribution in [2.75, 3.05) is 24.3 Å². The molecule has 2 aliphatic carbocycles. The summed E-state index contributed by atoms with van der Waals surface area (Å²) < 4.78 is 0. The van der Waals surface area contributed by atoms with Gasteiger partial charge in [0.05, 0.1) is 5.52 Å². The summed E-state index contributed by atoms with van der Waals surface area (Å²) in [5, 5.41) is 12.5. The van der Waals surface area contributed by atoms with Crippen molar-refractivity contribution < 1.29 is 0 Å². The monoisotopic (exact) mass is 412 g/mol. The molecule has 156 valence electrons. The molecule has 29 heavy (non-hydrogen) atoms. The summed E-state index contributed by atoms with van der Waals surface area (Å²) >= 11 is 5.53. The number of rotatable bonds is 5. The van der Waals surface area contributed by atoms with E-state index in [0.717, 1.165) is 53.5 Å². The van der Waals surface area contributed by atoms with Crippen LogP contribution in [0.15, 0.2) is 24.3 Å². The lowest BCUT2D eigenvalue weighted by molar-refractivity contribution is 0.384. The number of nitrogens with one attached hydrogen (secondary N) is 3. The lowest BCUT2D eigenvalue weighted by Crippen LogP contribution is -2.47. The van der Waals surface area contributed by atoms with Crippen LogP contribution in [0.25, 0.3) is 10.9 Å². The third-order valence-electron chi connectivity index (χ3n) is 6.09. The number of anilines is 2. The van der Waals surface area contributed by atoms with E-state index >= 15 is 0 Å². The van der Waals surface area contributed by atoms with Crippen LogP contribution in [0.4, 0.5) is 11.8 Å². The van der Waals surface area contributed by atoms with Crippen molar-refractivity contribution in [2.24, 2.45) is 0 Å². The summed E-state index contributed by atoms with van der Waals surface area (Å²) in [7, 11) is 4.05. The number of hydrogen-bond acceptors (Lipinski definition) is 5. The van der Waals surface area contributed by atoms with Crippen LogP contribution in [-0.2, 0) is 0 Å². The fourth-order valence-corrected chi connectivity index (χ4v) is 4.85. The van der Waals surface area contributed by atoms with E-state index in [1.165, 1.54) is 25.7 Å². The number of hydrogen-bond donors (Lipinski definition) is 3. The molecule has 0 radical (unpaired) electrons. The van der Waals surface area contributed by atoms with Gasteiger partial charge in [-0.3, -0.25) is 0 Å². The van der Waals surface area contributed by atoms with Gasteiger partial charge >= 0.3 is 0 Å². The van der Waals surface area contributed by atoms with E-state index < -0.39 is 0 Å². The third kappa shape index (κ3) is 5.07. The Kier molecular flexibility index (Phi) is 6.33. The highest BCUT2D eigenvalue weighted by Crippen LogP contribution is 2.26. The van der Waals surface area contributed by atoms with Crippen molar-refractivity contribution in [2.45, 2.75) is 69.5 Å². The number of nitrogens with zero attached hydrogens (tertiary/aromatic N) is 3. The van der Waals surface area contributed by atoms with Crippen molar-refractivity contribution in [1.82, 2.24) is 20.6 Å². The Morgan fingerprint density at radius 2 is 1.52 bits per heavy atom. The molecular weight excluding hydrogens is 380 g/mol. The maximum absolute atomic E-state index is 5.53. The summed E-state index contributed by atoms with van der Waals surface area (Å²) in [5.41, 5.74) is 0.979. The van der Waals surface area contributed by atoms with Crippen LogP contribution in [-0.4, -0.2) is 47.3 Å². The van der Waals surface area contributed by atoms with Gasteiger partial charge in [0.1, 0.15) is 5.82 Å². The first-order valence-electron chi connectivity index (χ1n) is 10.9. The highest BCUT2D eigenvalue weighted by Gasteiger charge is 2.23. The van der Waals surface area contributed by atoms with E-state index in [9.17, 15) is 0 Å². The first kappa shape index (κ1) is 20.1. The van der Waals surface area contributed by atoms with Gasteiger partial charge in [-0.1, -0.05) is 25.0 Å². The number of para-hydroxylation sites is 1. The Hall–Kier alpha value is -2.15. The summed E-state index contributed by atoms with van der Waals surface area (Å²) in [5.74, 6) is 1.68. The van der Waals surface area contributed by atoms with Crippen LogP contribution < -0.4 is 20.9 Å². The first-order chi connectivity index (χ1) is 14.1. The molecule has 0 amide bonds. The van der Waals surface area contributed by atoms with Gasteiger partial charge in [-0.15, -0.1) is 0 Å². The second-order valence-electron chi connectivity index (χ2n) is 8.57. The molecule has 3 N–H and O–H groups in total. The Bertz CT molecular complexity index is 840. The summed E-state index contributed by atoms with van der Waals surface area (Å²) in [4.78, 5) is 11.6. The van der Waals surface area contributed by atoms with Crippen molar-refractivity contribution in [3.05, 3.63) is 24.3 Å². The molecule has 1 aromatic heterocycles. The number of benzene rings is 1. The van der Waals surface area contributed by atoms with E-state index in [1.807, 2.05) is 37.2 Å². The van der Waals surface area contributed by atoms with E-state index in [2.05, 4.69) is 22.0 Å². The average molecular weight is 413 g/mol. The van der Waals surface area contributed by atoms with Gasteiger partial charge in [-0.05, 0) is 62.9 Å². The Labute approximate surface area is 178 Å². The van der Waals surface area contributed by atoms with Crippen LogP contribution in [0.2, 0.25) is 0 Å². The standard InChI is InChI=1S/C22H32N6S/c1-28(2)20-18-9-5-6-10-19(18)26-21(27-20)23-16-11-13-17(14-12-16)25-22(29)24-15-7-3-4-8-15/h5-6,9-10,15-17H,3-4,7-8,11-14H2,1-2H3,(H,23,26,27)(H2,24,25,29)/t16-,17+. The number of thiocarbonyl (C=S) groups is 1. The molecule has 2 saturated carbocycles. The quantitative estimate of drug-likeness (QED) is 0.645. The van der Waals surface area contributed by atoms with Crippen LogP contribution in [0, 0.1) is 0 Å². The molecule has 7 heteroatoms. The third-order valence-corrected chi connectivity index (χ3v) is 6.33. The largest absolute Gasteiger partial charge is 0.362 e. The van der Waals surface area contributed by atoms with Gasteiger partial charge in [0.15, 0.2) is 5.11 Å². The minimum atomic E-state index is 0.403. The topological polar surface area (TPSA) is 65.1 Å². The predicted molar refractivity (Wildman–Crippen MR) is 125 cm³/mol. The summed E-state index contributed by atoms with van der Waals surface area (Å²) in [6, 6.07) is 9.63. The number of fused-ring (bicyclic) bond motifs is 1. The second-order valence-corrected chi connectivity index (χ2v) is 8.98. The van der Waals surface area contributed by atoms with E-state index in [0.29, 0.717) is 18.1 Å². The maximum atomic E-state index is 5.53. The molecule has 0 saturated heterocycles. The lowest BCUT2D eigenvalue weighted by atomic mass is 9.91. The zero-order valence-corrected chi connectivity index (χ0v) is 18.3. The first-order valence-corrected chi connectivity index (χ1v) is 11.3. The van der Waals surface area contributed by atoms with Gasteiger partial charge in [0.25, 0.3) is 0 Å². The van der Waals surface area contributed by atoms with E-state index in [-0.39, 0.29) is 0 Å². The average Bonchev–Trinajstić information content (AvgIpc) is 3.21. The molecular formula is C22H32N6S. The molecule has 1 aromatic carbocycles. The van der Waals surface area contributed by atoms with Crippen molar-refractivity contribution in [1.29, 1.82) is 0 Å². The van der Waals surface area contributed by atoms with Crippen LogP contribution in [0.1, 0.15) is 51.4 Å². The molecule has 6 nitrogen and oxygen atoms in total. The van der Waals surface area contributed by atoms with Crippen LogP contribution in [0.3, 0.4) is 0 Å². The minimum absolute atomic E-state index is 0.403. The van der Waals surface area contributed by atoms with Crippen molar-refractivity contribution in [3.63, 3.8) is 0 Å². The molecule has 0 spiro atoms. The summed E-state index contributed by atoms with van der Waals surface area (Å²) in [6.45, 7) is 0. The smallest absolute Gasteiger partial charge is 0.225 e. The molecule has 0 aliphatic heterocycles. The summed E-state index contributed by atoms with van der Waals surface area (Å²) in [6.07, 6.45) is 9.55. The van der Waals surface area contributed by atoms with Gasteiger partial charge < -0.3 is 20.9 Å². The maximum Gasteiger partial charge on any atom is 0.225 e. The normalized spacial score (nSPS) is 22.4. The molecule has 2 fully saturated rings.